The number of H-pyrrole nitrogens is 1. The summed E-state index contributed by atoms with van der Waals surface area (Å²) in [6.45, 7) is 15.3. The van der Waals surface area contributed by atoms with E-state index >= 15 is 4.79 Å². The maximum absolute atomic E-state index is 15.2. The first-order valence-electron chi connectivity index (χ1n) is 21.9. The second kappa shape index (κ2) is 18.6. The number of Topliss-reactive ketones (excluding diaryl/α,β-unsaturated/α-hetero) is 2. The van der Waals surface area contributed by atoms with E-state index in [0.717, 1.165) is 29.3 Å². The van der Waals surface area contributed by atoms with Gasteiger partial charge in [0.1, 0.15) is 36.4 Å². The molecule has 3 aromatic rings. The van der Waals surface area contributed by atoms with Gasteiger partial charge in [0, 0.05) is 41.0 Å². The quantitative estimate of drug-likeness (QED) is 0.125. The Hall–Kier alpha value is -4.63. The van der Waals surface area contributed by atoms with Crippen molar-refractivity contribution in [3.05, 3.63) is 71.1 Å². The molecule has 0 radical (unpaired) electrons. The van der Waals surface area contributed by atoms with Crippen LogP contribution in [-0.4, -0.2) is 113 Å². The molecule has 0 saturated carbocycles. The van der Waals surface area contributed by atoms with E-state index in [1.165, 1.54) is 6.08 Å². The van der Waals surface area contributed by atoms with Gasteiger partial charge in [-0.15, -0.1) is 0 Å². The molecule has 2 saturated heterocycles. The Morgan fingerprint density at radius 1 is 1.15 bits per heavy atom. The predicted octanol–water partition coefficient (Wildman–Crippen LogP) is 6.70. The molecule has 1 aromatic carbocycles. The fourth-order valence-corrected chi connectivity index (χ4v) is 9.16. The van der Waals surface area contributed by atoms with Gasteiger partial charge in [0.05, 0.1) is 30.1 Å². The minimum Gasteiger partial charge on any atom is -0.492 e. The van der Waals surface area contributed by atoms with E-state index < -0.39 is 53.8 Å². The van der Waals surface area contributed by atoms with Crippen molar-refractivity contribution in [2.24, 2.45) is 23.2 Å². The van der Waals surface area contributed by atoms with Crippen LogP contribution in [0.25, 0.3) is 21.8 Å². The largest absolute Gasteiger partial charge is 0.492 e. The third-order valence-electron chi connectivity index (χ3n) is 13.0. The first-order chi connectivity index (χ1) is 29.5. The van der Waals surface area contributed by atoms with Gasteiger partial charge in [-0.25, -0.2) is 0 Å². The van der Waals surface area contributed by atoms with Crippen LogP contribution in [0, 0.1) is 46.9 Å². The third-order valence-corrected chi connectivity index (χ3v) is 13.0. The van der Waals surface area contributed by atoms with Crippen molar-refractivity contribution in [1.82, 2.24) is 14.9 Å². The van der Waals surface area contributed by atoms with Gasteiger partial charge in [0.25, 0.3) is 0 Å². The van der Waals surface area contributed by atoms with Crippen molar-refractivity contribution in [2.75, 3.05) is 33.9 Å². The van der Waals surface area contributed by atoms with Gasteiger partial charge in [-0.2, -0.15) is 0 Å². The third kappa shape index (κ3) is 8.93. The molecule has 2 aliphatic heterocycles. The smallest absolute Gasteiger partial charge is 0.194 e. The van der Waals surface area contributed by atoms with E-state index in [1.807, 2.05) is 56.3 Å². The van der Waals surface area contributed by atoms with Crippen molar-refractivity contribution < 1.29 is 43.5 Å². The van der Waals surface area contributed by atoms with Gasteiger partial charge in [-0.05, 0) is 113 Å². The number of aliphatic hydroxyl groups is 2. The number of ketones is 2. The molecular formula is C50H61N3O9. The van der Waals surface area contributed by atoms with Crippen molar-refractivity contribution in [3.63, 3.8) is 0 Å². The summed E-state index contributed by atoms with van der Waals surface area (Å²) in [7, 11) is 3.98. The molecule has 62 heavy (non-hydrogen) atoms. The highest BCUT2D eigenvalue weighted by atomic mass is 16.7. The Balaban J connectivity index is 1.26. The van der Waals surface area contributed by atoms with Crippen LogP contribution in [0.3, 0.4) is 0 Å². The van der Waals surface area contributed by atoms with E-state index in [0.29, 0.717) is 65.9 Å². The molecule has 10 atom stereocenters. The second-order valence-electron chi connectivity index (χ2n) is 18.2. The lowest BCUT2D eigenvalue weighted by Gasteiger charge is -2.50. The van der Waals surface area contributed by atoms with E-state index in [9.17, 15) is 15.0 Å². The summed E-state index contributed by atoms with van der Waals surface area (Å²) in [4.78, 5) is 38.8. The Bertz CT molecular complexity index is 2410. The highest BCUT2D eigenvalue weighted by Crippen LogP contribution is 2.46. The average Bonchev–Trinajstić information content (AvgIpc) is 3.60. The standard InChI is InChI=1S/C50H61N3O9/c1-10-15-37-42-31(5)39(54)27-50(37,57)20-14-12-11-13-16-40(42)61-48-45(62-41-25-30(4)33(28-59-41)24-29(2)3)47(56)49(7,32(6)60-48)46(55)44-43-35(19-21-51-44)36-26-34(17-18-38(36)52-43)58-23-22-53(8)9/h11-12,15,17-19,21,26,29-30,32-33,40-41,45,47-48,52,56-57H,10,22-25,27-28H2,1-9H3/b12-11-,37-15+/t30?,32?,33?,40-,41?,45?,47?,48?,49?,50-/m0/s1. The first-order valence-corrected chi connectivity index (χ1v) is 21.9. The number of benzene rings is 1. The van der Waals surface area contributed by atoms with E-state index in [2.05, 4.69) is 54.4 Å². The fourth-order valence-electron chi connectivity index (χ4n) is 9.16. The predicted molar refractivity (Wildman–Crippen MR) is 237 cm³/mol. The van der Waals surface area contributed by atoms with Crippen molar-refractivity contribution in [2.45, 2.75) is 117 Å². The summed E-state index contributed by atoms with van der Waals surface area (Å²) < 4.78 is 32.6. The number of carbonyl (C=O) groups is 2. The van der Waals surface area contributed by atoms with E-state index in [4.69, 9.17) is 23.7 Å². The SMILES string of the molecule is CC/C=C1\C2=C(C)C(=O)C[C@@]1(O)C#C/C=C\C#C[C@@H]2OC1OC(C)C(C)(C(=O)c2nccc3c2[nH]c2ccc(OCCN(C)C)cc23)C(O)C1OC1CC(C)C(CC(C)C)CO1. The molecule has 2 aliphatic carbocycles. The average molecular weight is 848 g/mol. The number of aliphatic hydroxyl groups excluding tert-OH is 1. The van der Waals surface area contributed by atoms with Crippen LogP contribution in [0.1, 0.15) is 84.6 Å². The number of nitrogens with one attached hydrogen (secondary N) is 1. The molecule has 330 valence electrons. The topological polar surface area (TPSA) is 153 Å². The minimum absolute atomic E-state index is 0.143. The number of aromatic amines is 1. The summed E-state index contributed by atoms with van der Waals surface area (Å²) in [5.41, 5.74) is -0.705. The molecule has 4 aliphatic rings. The highest BCUT2D eigenvalue weighted by Gasteiger charge is 2.59. The lowest BCUT2D eigenvalue weighted by Crippen LogP contribution is -2.65. The summed E-state index contributed by atoms with van der Waals surface area (Å²) >= 11 is 0. The zero-order valence-electron chi connectivity index (χ0n) is 37.4. The fraction of sp³-hybridized carbons (Fsp3) is 0.540. The number of nitrogens with zero attached hydrogens (tertiary/aromatic N) is 2. The van der Waals surface area contributed by atoms with Gasteiger partial charge >= 0.3 is 0 Å². The maximum Gasteiger partial charge on any atom is 0.194 e. The number of aromatic nitrogens is 2. The van der Waals surface area contributed by atoms with Crippen LogP contribution in [-0.2, 0) is 23.7 Å². The molecule has 0 amide bonds. The van der Waals surface area contributed by atoms with Gasteiger partial charge in [0.15, 0.2) is 29.7 Å². The van der Waals surface area contributed by atoms with Crippen LogP contribution >= 0.6 is 0 Å². The zero-order chi connectivity index (χ0) is 44.5. The number of rotatable bonds is 13. The van der Waals surface area contributed by atoms with Crippen LogP contribution < -0.4 is 4.74 Å². The molecule has 0 spiro atoms. The Labute approximate surface area is 365 Å². The summed E-state index contributed by atoms with van der Waals surface area (Å²) in [5.74, 6) is 12.9. The molecule has 2 fully saturated rings. The van der Waals surface area contributed by atoms with Crippen molar-refractivity contribution >= 4 is 33.4 Å². The minimum atomic E-state index is -1.77. The Kier molecular flexibility index (Phi) is 13.6. The lowest BCUT2D eigenvalue weighted by atomic mass is 9.70. The zero-order valence-corrected chi connectivity index (χ0v) is 37.4. The molecule has 12 heteroatoms. The summed E-state index contributed by atoms with van der Waals surface area (Å²) in [6.07, 6.45) is 1.50. The molecule has 7 rings (SSSR count). The molecule has 12 nitrogen and oxygen atoms in total. The Morgan fingerprint density at radius 2 is 1.92 bits per heavy atom. The van der Waals surface area contributed by atoms with Crippen LogP contribution in [0.15, 0.2) is 65.4 Å². The number of likely N-dealkylation sites (N-methyl/N-ethyl adjacent to an activating group) is 1. The van der Waals surface area contributed by atoms with Crippen LogP contribution in [0.5, 0.6) is 5.75 Å². The van der Waals surface area contributed by atoms with Gasteiger partial charge in [-0.1, -0.05) is 57.5 Å². The lowest BCUT2D eigenvalue weighted by molar-refractivity contribution is -0.339. The molecule has 8 unspecified atom stereocenters. The van der Waals surface area contributed by atoms with Crippen LogP contribution in [0.2, 0.25) is 0 Å². The number of ether oxygens (including phenoxy) is 5. The molecule has 3 N–H and O–H groups in total. The number of pyridine rings is 1. The Morgan fingerprint density at radius 3 is 2.65 bits per heavy atom. The highest BCUT2D eigenvalue weighted by molar-refractivity contribution is 6.16. The van der Waals surface area contributed by atoms with Crippen molar-refractivity contribution in [1.29, 1.82) is 0 Å². The number of hydrogen-bond donors (Lipinski definition) is 3. The maximum atomic E-state index is 15.2. The molecule has 2 bridgehead atoms. The molecule has 2 aromatic heterocycles. The number of fused-ring (bicyclic) bond motifs is 5. The number of allylic oxidation sites excluding steroid dienone is 4. The van der Waals surface area contributed by atoms with E-state index in [1.54, 1.807) is 33.0 Å². The second-order valence-corrected chi connectivity index (χ2v) is 18.2. The first kappa shape index (κ1) is 45.4. The molecule has 4 heterocycles. The summed E-state index contributed by atoms with van der Waals surface area (Å²) in [5, 5.41) is 26.3. The van der Waals surface area contributed by atoms with Crippen LogP contribution in [0.4, 0.5) is 0 Å². The van der Waals surface area contributed by atoms with Crippen molar-refractivity contribution in [3.8, 4) is 29.4 Å². The van der Waals surface area contributed by atoms with Gasteiger partial charge < -0.3 is 43.8 Å². The van der Waals surface area contributed by atoms with Gasteiger partial charge in [0.2, 0.25) is 0 Å². The van der Waals surface area contributed by atoms with E-state index in [-0.39, 0.29) is 23.8 Å². The molecular weight excluding hydrogens is 787 g/mol. The number of hydrogen-bond acceptors (Lipinski definition) is 11. The van der Waals surface area contributed by atoms with Gasteiger partial charge in [-0.3, -0.25) is 14.6 Å². The summed E-state index contributed by atoms with van der Waals surface area (Å²) in [6, 6.07) is 7.62. The monoisotopic (exact) mass is 847 g/mol. The number of carbonyl (C=O) groups excluding carboxylic acids is 2. The normalized spacial score (nSPS) is 32.5.